The number of imidazole rings is 1. The van der Waals surface area contributed by atoms with Crippen LogP contribution in [0.15, 0.2) is 24.3 Å². The molecule has 2 amide bonds. The number of ether oxygens (including phenoxy) is 1. The molecule has 1 heterocycles. The van der Waals surface area contributed by atoms with E-state index >= 15 is 0 Å². The molecule has 0 radical (unpaired) electrons. The normalized spacial score (nSPS) is 10.7. The van der Waals surface area contributed by atoms with E-state index in [0.29, 0.717) is 25.4 Å². The fourth-order valence-electron chi connectivity index (χ4n) is 2.28. The minimum atomic E-state index is -1.08. The van der Waals surface area contributed by atoms with E-state index in [-0.39, 0.29) is 19.2 Å². The van der Waals surface area contributed by atoms with Crippen LogP contribution in [0.5, 0.6) is 0 Å². The van der Waals surface area contributed by atoms with Gasteiger partial charge < -0.3 is 20.5 Å². The van der Waals surface area contributed by atoms with Gasteiger partial charge in [-0.3, -0.25) is 0 Å². The Morgan fingerprint density at radius 3 is 2.75 bits per heavy atom. The van der Waals surface area contributed by atoms with Gasteiger partial charge in [-0.25, -0.2) is 19.1 Å². The van der Waals surface area contributed by atoms with Crippen molar-refractivity contribution in [3.8, 4) is 0 Å². The van der Waals surface area contributed by atoms with Crippen molar-refractivity contribution in [2.24, 2.45) is 0 Å². The summed E-state index contributed by atoms with van der Waals surface area (Å²) in [6, 6.07) is 7.26. The standard InChI is InChI=1S/C16H22N4O4/c1-2-8-17-15(21)20-13-6-4-3-5-12(13)19-14(20)7-10-24-11-9-18-16(22)23/h3-6,18H,2,7-11H2,1H3,(H,17,21)(H,22,23). The lowest BCUT2D eigenvalue weighted by atomic mass is 10.3. The second-order valence-corrected chi connectivity index (χ2v) is 5.18. The molecule has 0 spiro atoms. The minimum Gasteiger partial charge on any atom is -0.465 e. The molecule has 0 aliphatic heterocycles. The van der Waals surface area contributed by atoms with Gasteiger partial charge in [-0.2, -0.15) is 0 Å². The van der Waals surface area contributed by atoms with Gasteiger partial charge in [-0.15, -0.1) is 0 Å². The molecule has 0 fully saturated rings. The molecule has 0 atom stereocenters. The second-order valence-electron chi connectivity index (χ2n) is 5.18. The number of carboxylic acid groups (broad SMARTS) is 1. The fraction of sp³-hybridized carbons (Fsp3) is 0.438. The Morgan fingerprint density at radius 2 is 2.00 bits per heavy atom. The van der Waals surface area contributed by atoms with Gasteiger partial charge in [-0.1, -0.05) is 19.1 Å². The molecule has 2 rings (SSSR count). The molecule has 0 aliphatic rings. The molecule has 1 aromatic carbocycles. The van der Waals surface area contributed by atoms with Crippen LogP contribution in [0.4, 0.5) is 9.59 Å². The Labute approximate surface area is 139 Å². The number of nitrogens with one attached hydrogen (secondary N) is 2. The highest BCUT2D eigenvalue weighted by atomic mass is 16.5. The maximum Gasteiger partial charge on any atom is 0.404 e. The van der Waals surface area contributed by atoms with Crippen LogP contribution in [0.2, 0.25) is 0 Å². The van der Waals surface area contributed by atoms with Gasteiger partial charge in [0.15, 0.2) is 0 Å². The van der Waals surface area contributed by atoms with Crippen molar-refractivity contribution in [2.45, 2.75) is 19.8 Å². The molecule has 2 aromatic rings. The van der Waals surface area contributed by atoms with Crippen LogP contribution < -0.4 is 10.6 Å². The maximum absolute atomic E-state index is 12.4. The first-order valence-electron chi connectivity index (χ1n) is 7.92. The third-order valence-electron chi connectivity index (χ3n) is 3.35. The van der Waals surface area contributed by atoms with Crippen LogP contribution in [0.3, 0.4) is 0 Å². The molecule has 0 unspecified atom stereocenters. The zero-order chi connectivity index (χ0) is 17.4. The van der Waals surface area contributed by atoms with Crippen molar-refractivity contribution < 1.29 is 19.4 Å². The van der Waals surface area contributed by atoms with Crippen molar-refractivity contribution in [1.82, 2.24) is 20.2 Å². The van der Waals surface area contributed by atoms with Crippen LogP contribution in [-0.2, 0) is 11.2 Å². The first-order chi connectivity index (χ1) is 11.6. The van der Waals surface area contributed by atoms with Gasteiger partial charge in [-0.05, 0) is 18.6 Å². The van der Waals surface area contributed by atoms with E-state index in [0.717, 1.165) is 17.5 Å². The number of hydrogen-bond donors (Lipinski definition) is 3. The fourth-order valence-corrected chi connectivity index (χ4v) is 2.28. The molecule has 0 bridgehead atoms. The van der Waals surface area contributed by atoms with Crippen LogP contribution >= 0.6 is 0 Å². The van der Waals surface area contributed by atoms with E-state index in [2.05, 4.69) is 15.6 Å². The molecule has 0 aliphatic carbocycles. The summed E-state index contributed by atoms with van der Waals surface area (Å²) in [5.74, 6) is 0.621. The van der Waals surface area contributed by atoms with Crippen LogP contribution in [-0.4, -0.2) is 53.1 Å². The molecule has 24 heavy (non-hydrogen) atoms. The zero-order valence-corrected chi connectivity index (χ0v) is 13.6. The van der Waals surface area contributed by atoms with Gasteiger partial charge in [0.05, 0.1) is 24.2 Å². The Bertz CT molecular complexity index is 698. The molecule has 8 nitrogen and oxygen atoms in total. The molecule has 1 aromatic heterocycles. The number of nitrogens with zero attached hydrogens (tertiary/aromatic N) is 2. The number of aromatic nitrogens is 2. The molecule has 3 N–H and O–H groups in total. The monoisotopic (exact) mass is 334 g/mol. The predicted molar refractivity (Wildman–Crippen MR) is 89.4 cm³/mol. The lowest BCUT2D eigenvalue weighted by Gasteiger charge is -2.09. The third-order valence-corrected chi connectivity index (χ3v) is 3.35. The van der Waals surface area contributed by atoms with Crippen molar-refractivity contribution >= 4 is 23.2 Å². The number of para-hydroxylation sites is 2. The van der Waals surface area contributed by atoms with E-state index in [9.17, 15) is 9.59 Å². The number of amides is 2. The highest BCUT2D eigenvalue weighted by Gasteiger charge is 2.15. The van der Waals surface area contributed by atoms with Crippen LogP contribution in [0.25, 0.3) is 11.0 Å². The Morgan fingerprint density at radius 1 is 1.21 bits per heavy atom. The summed E-state index contributed by atoms with van der Waals surface area (Å²) < 4.78 is 6.96. The zero-order valence-electron chi connectivity index (χ0n) is 13.6. The molecule has 8 heteroatoms. The average molecular weight is 334 g/mol. The van der Waals surface area contributed by atoms with Crippen LogP contribution in [0.1, 0.15) is 19.2 Å². The van der Waals surface area contributed by atoms with Gasteiger partial charge in [0, 0.05) is 19.5 Å². The summed E-state index contributed by atoms with van der Waals surface area (Å²) in [6.07, 6.45) is 0.238. The van der Waals surface area contributed by atoms with Gasteiger partial charge in [0.1, 0.15) is 5.82 Å². The lowest BCUT2D eigenvalue weighted by Crippen LogP contribution is -2.30. The largest absolute Gasteiger partial charge is 0.465 e. The topological polar surface area (TPSA) is 105 Å². The highest BCUT2D eigenvalue weighted by Crippen LogP contribution is 2.16. The second kappa shape index (κ2) is 8.88. The summed E-state index contributed by atoms with van der Waals surface area (Å²) >= 11 is 0. The first-order valence-corrected chi connectivity index (χ1v) is 7.92. The number of benzene rings is 1. The molecule has 130 valence electrons. The van der Waals surface area contributed by atoms with Crippen molar-refractivity contribution in [2.75, 3.05) is 26.3 Å². The van der Waals surface area contributed by atoms with E-state index < -0.39 is 6.09 Å². The number of rotatable bonds is 8. The summed E-state index contributed by atoms with van der Waals surface area (Å²) in [5.41, 5.74) is 1.51. The predicted octanol–water partition coefficient (Wildman–Crippen LogP) is 1.83. The van der Waals surface area contributed by atoms with Crippen molar-refractivity contribution in [3.63, 3.8) is 0 Å². The third kappa shape index (κ3) is 4.69. The average Bonchev–Trinajstić information content (AvgIpc) is 2.93. The molecule has 0 saturated heterocycles. The van der Waals surface area contributed by atoms with Gasteiger partial charge in [0.2, 0.25) is 0 Å². The quantitative estimate of drug-likeness (QED) is 0.639. The van der Waals surface area contributed by atoms with Crippen LogP contribution in [0, 0.1) is 0 Å². The summed E-state index contributed by atoms with van der Waals surface area (Å²) in [7, 11) is 0. The number of carbonyl (C=O) groups is 2. The number of hydrogen-bond acceptors (Lipinski definition) is 4. The van der Waals surface area contributed by atoms with E-state index in [1.165, 1.54) is 0 Å². The van der Waals surface area contributed by atoms with Gasteiger partial charge in [0.25, 0.3) is 0 Å². The number of fused-ring (bicyclic) bond motifs is 1. The summed E-state index contributed by atoms with van der Waals surface area (Å²) in [4.78, 5) is 27.2. The van der Waals surface area contributed by atoms with Crippen molar-refractivity contribution in [1.29, 1.82) is 0 Å². The lowest BCUT2D eigenvalue weighted by molar-refractivity contribution is 0.133. The molecule has 0 saturated carbocycles. The van der Waals surface area contributed by atoms with E-state index in [4.69, 9.17) is 9.84 Å². The SMILES string of the molecule is CCCNC(=O)n1c(CCOCCNC(=O)O)nc2ccccc21. The smallest absolute Gasteiger partial charge is 0.404 e. The Hall–Kier alpha value is -2.61. The summed E-state index contributed by atoms with van der Waals surface area (Å²) in [6.45, 7) is 3.44. The first kappa shape index (κ1) is 17.7. The Kier molecular flexibility index (Phi) is 6.56. The summed E-state index contributed by atoms with van der Waals surface area (Å²) in [5, 5.41) is 13.6. The van der Waals surface area contributed by atoms with Crippen molar-refractivity contribution in [3.05, 3.63) is 30.1 Å². The van der Waals surface area contributed by atoms with E-state index in [1.807, 2.05) is 31.2 Å². The number of carbonyl (C=O) groups excluding carboxylic acids is 1. The molecular formula is C16H22N4O4. The molecular weight excluding hydrogens is 312 g/mol. The highest BCUT2D eigenvalue weighted by molar-refractivity contribution is 5.90. The van der Waals surface area contributed by atoms with E-state index in [1.54, 1.807) is 4.57 Å². The maximum atomic E-state index is 12.4. The minimum absolute atomic E-state index is 0.201. The Balaban J connectivity index is 2.02. The van der Waals surface area contributed by atoms with Gasteiger partial charge >= 0.3 is 12.1 Å².